The molecule has 8 heteroatoms. The number of aliphatic hydroxyl groups excluding tert-OH is 1. The molecule has 2 N–H and O–H groups in total. The third-order valence-electron chi connectivity index (χ3n) is 3.31. The largest absolute Gasteiger partial charge is 0.513 e. The first kappa shape index (κ1) is 15.0. The second kappa shape index (κ2) is 5.94. The lowest BCUT2D eigenvalue weighted by atomic mass is 10.1. The zero-order valence-corrected chi connectivity index (χ0v) is 12.0. The van der Waals surface area contributed by atoms with E-state index in [0.717, 1.165) is 11.1 Å². The Kier molecular flexibility index (Phi) is 4.25. The molecule has 1 aromatic heterocycles. The Morgan fingerprint density at radius 1 is 1.62 bits per heavy atom. The van der Waals surface area contributed by atoms with E-state index in [9.17, 15) is 9.59 Å². The van der Waals surface area contributed by atoms with Crippen molar-refractivity contribution < 1.29 is 14.6 Å². The van der Waals surface area contributed by atoms with Crippen molar-refractivity contribution in [1.29, 1.82) is 5.41 Å². The number of rotatable bonds is 4. The maximum atomic E-state index is 12.3. The molecule has 2 rings (SSSR count). The monoisotopic (exact) mass is 294 g/mol. The lowest BCUT2D eigenvalue weighted by molar-refractivity contribution is -0.145. The molecule has 0 saturated carbocycles. The molecule has 21 heavy (non-hydrogen) atoms. The van der Waals surface area contributed by atoms with E-state index in [4.69, 9.17) is 15.3 Å². The minimum absolute atomic E-state index is 0.00976. The number of aryl methyl sites for hydroxylation is 1. The minimum atomic E-state index is -0.649. The van der Waals surface area contributed by atoms with Crippen molar-refractivity contribution in [3.8, 4) is 0 Å². The van der Waals surface area contributed by atoms with E-state index in [0.29, 0.717) is 18.7 Å². The zero-order valence-electron chi connectivity index (χ0n) is 12.0. The molecule has 1 aliphatic rings. The van der Waals surface area contributed by atoms with Gasteiger partial charge in [-0.15, -0.1) is 0 Å². The number of aliphatic hydroxyl groups is 1. The molecule has 1 unspecified atom stereocenters. The molecular formula is C13H18N4O4. The van der Waals surface area contributed by atoms with Gasteiger partial charge in [-0.05, 0) is 25.8 Å². The summed E-state index contributed by atoms with van der Waals surface area (Å²) in [6, 6.07) is -0.649. The number of nitrogens with zero attached hydrogens (tertiary/aromatic N) is 3. The predicted molar refractivity (Wildman–Crippen MR) is 74.6 cm³/mol. The lowest BCUT2D eigenvalue weighted by Crippen LogP contribution is -2.35. The fraction of sp³-hybridized carbons (Fsp3) is 0.538. The molecule has 1 atom stereocenters. The molecule has 2 heterocycles. The average molecular weight is 294 g/mol. The third kappa shape index (κ3) is 3.04. The summed E-state index contributed by atoms with van der Waals surface area (Å²) in [5.41, 5.74) is -0.379. The zero-order chi connectivity index (χ0) is 15.6. The summed E-state index contributed by atoms with van der Waals surface area (Å²) < 4.78 is 7.21. The smallest absolute Gasteiger partial charge is 0.347 e. The molecule has 1 aromatic rings. The van der Waals surface area contributed by atoms with Crippen LogP contribution in [0, 0.1) is 5.41 Å². The van der Waals surface area contributed by atoms with Crippen LogP contribution in [0.25, 0.3) is 0 Å². The van der Waals surface area contributed by atoms with Crippen LogP contribution in [0.2, 0.25) is 0 Å². The van der Waals surface area contributed by atoms with Gasteiger partial charge in [0, 0.05) is 6.42 Å². The van der Waals surface area contributed by atoms with Crippen LogP contribution in [0.15, 0.2) is 16.6 Å². The highest BCUT2D eigenvalue weighted by Crippen LogP contribution is 2.22. The maximum Gasteiger partial charge on any atom is 0.347 e. The second-order valence-corrected chi connectivity index (χ2v) is 4.97. The summed E-state index contributed by atoms with van der Waals surface area (Å²) in [5, 5.41) is 21.0. The molecule has 0 radical (unpaired) electrons. The van der Waals surface area contributed by atoms with Crippen molar-refractivity contribution in [2.45, 2.75) is 38.8 Å². The van der Waals surface area contributed by atoms with Gasteiger partial charge >= 0.3 is 11.7 Å². The Morgan fingerprint density at radius 3 is 2.95 bits per heavy atom. The summed E-state index contributed by atoms with van der Waals surface area (Å²) in [6.07, 6.45) is 3.15. The van der Waals surface area contributed by atoms with Crippen LogP contribution in [-0.2, 0) is 22.5 Å². The predicted octanol–water partition coefficient (Wildman–Crippen LogP) is 0.577. The Labute approximate surface area is 121 Å². The molecule has 1 aliphatic heterocycles. The van der Waals surface area contributed by atoms with Crippen molar-refractivity contribution in [1.82, 2.24) is 14.3 Å². The number of nitrogens with one attached hydrogen (secondary N) is 1. The van der Waals surface area contributed by atoms with E-state index in [2.05, 4.69) is 5.10 Å². The number of ether oxygens (including phenoxy) is 1. The number of hydrogen-bond acceptors (Lipinski definition) is 6. The maximum absolute atomic E-state index is 12.3. The van der Waals surface area contributed by atoms with Gasteiger partial charge in [-0.1, -0.05) is 0 Å². The molecular weight excluding hydrogens is 276 g/mol. The Bertz CT molecular complexity index is 652. The number of aromatic nitrogens is 3. The Morgan fingerprint density at radius 2 is 2.33 bits per heavy atom. The van der Waals surface area contributed by atoms with E-state index in [1.165, 1.54) is 24.7 Å². The van der Waals surface area contributed by atoms with Crippen molar-refractivity contribution in [3.05, 3.63) is 28.1 Å². The van der Waals surface area contributed by atoms with E-state index in [1.54, 1.807) is 0 Å². The molecule has 0 amide bonds. The number of carbonyl (C=O) groups excluding carboxylic acids is 1. The second-order valence-electron chi connectivity index (χ2n) is 4.97. The summed E-state index contributed by atoms with van der Waals surface area (Å²) in [4.78, 5) is 24.1. The molecule has 0 aliphatic carbocycles. The number of carbonyl (C=O) groups is 1. The van der Waals surface area contributed by atoms with Gasteiger partial charge in [0.15, 0.2) is 0 Å². The fourth-order valence-corrected chi connectivity index (χ4v) is 2.45. The first-order chi connectivity index (χ1) is 9.93. The Balaban J connectivity index is 2.34. The highest BCUT2D eigenvalue weighted by atomic mass is 16.5. The first-order valence-electron chi connectivity index (χ1n) is 6.64. The summed E-state index contributed by atoms with van der Waals surface area (Å²) in [5.74, 6) is 0.0578. The minimum Gasteiger partial charge on any atom is -0.513 e. The van der Waals surface area contributed by atoms with Gasteiger partial charge in [0.25, 0.3) is 0 Å². The summed E-state index contributed by atoms with van der Waals surface area (Å²) in [7, 11) is 1.29. The molecule has 0 fully saturated rings. The molecule has 114 valence electrons. The van der Waals surface area contributed by atoms with E-state index < -0.39 is 17.7 Å². The van der Waals surface area contributed by atoms with Crippen LogP contribution >= 0.6 is 0 Å². The third-order valence-corrected chi connectivity index (χ3v) is 3.31. The molecule has 0 bridgehead atoms. The van der Waals surface area contributed by atoms with Gasteiger partial charge in [-0.2, -0.15) is 5.10 Å². The summed E-state index contributed by atoms with van der Waals surface area (Å²) in [6.45, 7) is 1.40. The number of allylic oxidation sites excluding steroid dienone is 2. The van der Waals surface area contributed by atoms with E-state index in [-0.39, 0.29) is 18.0 Å². The van der Waals surface area contributed by atoms with Crippen LogP contribution < -0.4 is 5.69 Å². The van der Waals surface area contributed by atoms with Gasteiger partial charge in [0.05, 0.1) is 25.1 Å². The van der Waals surface area contributed by atoms with Crippen LogP contribution in [0.3, 0.4) is 0 Å². The Hall–Kier alpha value is -2.38. The average Bonchev–Trinajstić information content (AvgIpc) is 2.73. The molecule has 0 aromatic carbocycles. The SMILES string of the molecule is COC(=O)C1CCCc2nn(CC(=N)/C=C(/C)O)c(=O)n21. The lowest BCUT2D eigenvalue weighted by Gasteiger charge is -2.20. The number of methoxy groups -OCH3 is 1. The van der Waals surface area contributed by atoms with Crippen LogP contribution in [0.1, 0.15) is 31.6 Å². The van der Waals surface area contributed by atoms with E-state index >= 15 is 0 Å². The van der Waals surface area contributed by atoms with Gasteiger partial charge in [0.2, 0.25) is 0 Å². The quantitative estimate of drug-likeness (QED) is 0.479. The van der Waals surface area contributed by atoms with Crippen LogP contribution in [-0.4, -0.2) is 38.2 Å². The molecule has 0 saturated heterocycles. The van der Waals surface area contributed by atoms with E-state index in [1.807, 2.05) is 0 Å². The highest BCUT2D eigenvalue weighted by molar-refractivity contribution is 5.92. The molecule has 8 nitrogen and oxygen atoms in total. The van der Waals surface area contributed by atoms with Crippen molar-refractivity contribution >= 4 is 11.7 Å². The molecule has 0 spiro atoms. The number of esters is 1. The van der Waals surface area contributed by atoms with Crippen LogP contribution in [0.5, 0.6) is 0 Å². The van der Waals surface area contributed by atoms with Crippen molar-refractivity contribution in [3.63, 3.8) is 0 Å². The van der Waals surface area contributed by atoms with Gasteiger partial charge in [-0.25, -0.2) is 14.3 Å². The summed E-state index contributed by atoms with van der Waals surface area (Å²) >= 11 is 0. The van der Waals surface area contributed by atoms with Gasteiger partial charge < -0.3 is 15.3 Å². The topological polar surface area (TPSA) is 110 Å². The van der Waals surface area contributed by atoms with Gasteiger partial charge in [-0.3, -0.25) is 4.57 Å². The van der Waals surface area contributed by atoms with Crippen LogP contribution in [0.4, 0.5) is 0 Å². The first-order valence-corrected chi connectivity index (χ1v) is 6.64. The van der Waals surface area contributed by atoms with Gasteiger partial charge in [0.1, 0.15) is 11.9 Å². The normalized spacial score (nSPS) is 18.2. The highest BCUT2D eigenvalue weighted by Gasteiger charge is 2.31. The number of fused-ring (bicyclic) bond motifs is 1. The number of hydrogen-bond donors (Lipinski definition) is 2. The fourth-order valence-electron chi connectivity index (χ4n) is 2.45. The van der Waals surface area contributed by atoms with Crippen molar-refractivity contribution in [2.24, 2.45) is 0 Å². The van der Waals surface area contributed by atoms with Crippen molar-refractivity contribution in [2.75, 3.05) is 7.11 Å². The standard InChI is InChI=1S/C13H18N4O4/c1-8(18)6-9(14)7-16-13(20)17-10(12(19)21-2)4-3-5-11(17)15-16/h6,10,14,18H,3-5,7H2,1-2H3/b8-6-,14-9?.